The number of rotatable bonds is 9. The highest BCUT2D eigenvalue weighted by molar-refractivity contribution is 5.97. The molecule has 0 aliphatic rings. The monoisotopic (exact) mass is 397 g/mol. The van der Waals surface area contributed by atoms with Gasteiger partial charge >= 0.3 is 0 Å². The van der Waals surface area contributed by atoms with E-state index in [0.29, 0.717) is 48.6 Å². The molecule has 0 radical (unpaired) electrons. The first-order chi connectivity index (χ1) is 14.2. The average Bonchev–Trinajstić information content (AvgIpc) is 2.74. The lowest BCUT2D eigenvalue weighted by molar-refractivity contribution is 0.261. The van der Waals surface area contributed by atoms with Crippen LogP contribution in [-0.2, 0) is 0 Å². The van der Waals surface area contributed by atoms with Crippen LogP contribution in [0, 0.1) is 0 Å². The lowest BCUT2D eigenvalue weighted by Gasteiger charge is -2.18. The fraction of sp³-hybridized carbons (Fsp3) is 0.348. The summed E-state index contributed by atoms with van der Waals surface area (Å²) in [6, 6.07) is 9.71. The molecule has 29 heavy (non-hydrogen) atoms. The van der Waals surface area contributed by atoms with Crippen molar-refractivity contribution in [3.63, 3.8) is 0 Å². The van der Waals surface area contributed by atoms with Crippen molar-refractivity contribution in [1.29, 1.82) is 0 Å². The number of benzene rings is 2. The lowest BCUT2D eigenvalue weighted by Crippen LogP contribution is -2.03. The van der Waals surface area contributed by atoms with E-state index in [1.807, 2.05) is 51.1 Å². The molecular formula is C23H27NO5. The van der Waals surface area contributed by atoms with E-state index < -0.39 is 0 Å². The van der Waals surface area contributed by atoms with Crippen LogP contribution in [0.1, 0.15) is 20.8 Å². The molecule has 3 aromatic rings. The molecule has 0 aliphatic carbocycles. The van der Waals surface area contributed by atoms with Gasteiger partial charge in [-0.25, -0.2) is 0 Å². The minimum atomic E-state index is 0.517. The highest BCUT2D eigenvalue weighted by Crippen LogP contribution is 2.43. The number of nitrogens with zero attached hydrogens (tertiary/aromatic N) is 1. The molecule has 154 valence electrons. The van der Waals surface area contributed by atoms with Crippen LogP contribution in [0.25, 0.3) is 22.0 Å². The van der Waals surface area contributed by atoms with Crippen LogP contribution >= 0.6 is 0 Å². The maximum absolute atomic E-state index is 5.85. The SMILES string of the molecule is CCOc1cc(-c2nccc3cc(OC)c(OC)cc23)cc(OCC)c1OCC. The highest BCUT2D eigenvalue weighted by Gasteiger charge is 2.18. The average molecular weight is 397 g/mol. The maximum Gasteiger partial charge on any atom is 0.203 e. The van der Waals surface area contributed by atoms with Crippen LogP contribution in [0.2, 0.25) is 0 Å². The minimum absolute atomic E-state index is 0.517. The van der Waals surface area contributed by atoms with Gasteiger partial charge in [-0.3, -0.25) is 4.98 Å². The predicted molar refractivity (Wildman–Crippen MR) is 114 cm³/mol. The number of fused-ring (bicyclic) bond motifs is 1. The van der Waals surface area contributed by atoms with E-state index in [9.17, 15) is 0 Å². The molecule has 0 unspecified atom stereocenters. The second-order valence-corrected chi connectivity index (χ2v) is 6.19. The van der Waals surface area contributed by atoms with Gasteiger partial charge in [0.25, 0.3) is 0 Å². The second kappa shape index (κ2) is 9.37. The fourth-order valence-corrected chi connectivity index (χ4v) is 3.25. The first-order valence-electron chi connectivity index (χ1n) is 9.74. The Bertz CT molecular complexity index is 959. The van der Waals surface area contributed by atoms with Gasteiger partial charge in [0.2, 0.25) is 5.75 Å². The van der Waals surface area contributed by atoms with Crippen molar-refractivity contribution in [3.8, 4) is 40.0 Å². The minimum Gasteiger partial charge on any atom is -0.493 e. The molecule has 6 nitrogen and oxygen atoms in total. The zero-order valence-corrected chi connectivity index (χ0v) is 17.6. The first kappa shape index (κ1) is 20.6. The van der Waals surface area contributed by atoms with Crippen LogP contribution < -0.4 is 23.7 Å². The molecule has 0 aliphatic heterocycles. The Labute approximate surface area is 171 Å². The second-order valence-electron chi connectivity index (χ2n) is 6.19. The molecular weight excluding hydrogens is 370 g/mol. The van der Waals surface area contributed by atoms with Gasteiger partial charge in [0.05, 0.1) is 39.7 Å². The van der Waals surface area contributed by atoms with Crippen LogP contribution in [-0.4, -0.2) is 39.0 Å². The molecule has 6 heteroatoms. The molecule has 0 N–H and O–H groups in total. The predicted octanol–water partition coefficient (Wildman–Crippen LogP) is 5.12. The molecule has 3 rings (SSSR count). The summed E-state index contributed by atoms with van der Waals surface area (Å²) in [7, 11) is 3.25. The van der Waals surface area contributed by atoms with Crippen LogP contribution in [0.5, 0.6) is 28.7 Å². The number of pyridine rings is 1. The number of hydrogen-bond donors (Lipinski definition) is 0. The van der Waals surface area contributed by atoms with Gasteiger partial charge in [0, 0.05) is 17.1 Å². The van der Waals surface area contributed by atoms with E-state index in [1.165, 1.54) is 0 Å². The highest BCUT2D eigenvalue weighted by atomic mass is 16.5. The molecule has 0 amide bonds. The molecule has 0 atom stereocenters. The van der Waals surface area contributed by atoms with Crippen molar-refractivity contribution >= 4 is 10.8 Å². The van der Waals surface area contributed by atoms with Crippen molar-refractivity contribution < 1.29 is 23.7 Å². The summed E-state index contributed by atoms with van der Waals surface area (Å²) in [6.07, 6.45) is 1.78. The van der Waals surface area contributed by atoms with Crippen molar-refractivity contribution in [1.82, 2.24) is 4.98 Å². The summed E-state index contributed by atoms with van der Waals surface area (Å²) in [4.78, 5) is 4.64. The van der Waals surface area contributed by atoms with Gasteiger partial charge in [0.15, 0.2) is 23.0 Å². The number of ether oxygens (including phenoxy) is 5. The molecule has 1 aromatic heterocycles. The van der Waals surface area contributed by atoms with Crippen LogP contribution in [0.4, 0.5) is 0 Å². The van der Waals surface area contributed by atoms with Crippen LogP contribution in [0.15, 0.2) is 36.5 Å². The fourth-order valence-electron chi connectivity index (χ4n) is 3.25. The number of methoxy groups -OCH3 is 2. The third kappa shape index (κ3) is 4.16. The molecule has 0 spiro atoms. The van der Waals surface area contributed by atoms with Gasteiger partial charge < -0.3 is 23.7 Å². The van der Waals surface area contributed by atoms with Crippen molar-refractivity contribution in [2.24, 2.45) is 0 Å². The normalized spacial score (nSPS) is 10.7. The van der Waals surface area contributed by atoms with E-state index in [1.54, 1.807) is 20.4 Å². The van der Waals surface area contributed by atoms with Gasteiger partial charge in [-0.2, -0.15) is 0 Å². The van der Waals surface area contributed by atoms with Crippen molar-refractivity contribution in [2.45, 2.75) is 20.8 Å². The summed E-state index contributed by atoms with van der Waals surface area (Å²) in [5.74, 6) is 3.20. The topological polar surface area (TPSA) is 59.0 Å². The Balaban J connectivity index is 2.25. The third-order valence-corrected chi connectivity index (χ3v) is 4.45. The third-order valence-electron chi connectivity index (χ3n) is 4.45. The quantitative estimate of drug-likeness (QED) is 0.500. The molecule has 0 bridgehead atoms. The Morgan fingerprint density at radius 3 is 1.86 bits per heavy atom. The van der Waals surface area contributed by atoms with Crippen molar-refractivity contribution in [2.75, 3.05) is 34.0 Å². The molecule has 0 fully saturated rings. The summed E-state index contributed by atoms with van der Waals surface area (Å²) >= 11 is 0. The van der Waals surface area contributed by atoms with E-state index in [-0.39, 0.29) is 0 Å². The van der Waals surface area contributed by atoms with Gasteiger partial charge in [-0.1, -0.05) is 0 Å². The van der Waals surface area contributed by atoms with E-state index >= 15 is 0 Å². The lowest BCUT2D eigenvalue weighted by atomic mass is 10.0. The van der Waals surface area contributed by atoms with E-state index in [0.717, 1.165) is 22.0 Å². The van der Waals surface area contributed by atoms with E-state index in [2.05, 4.69) is 4.98 Å². The molecule has 0 saturated carbocycles. The molecule has 2 aromatic carbocycles. The summed E-state index contributed by atoms with van der Waals surface area (Å²) in [6.45, 7) is 7.37. The zero-order valence-electron chi connectivity index (χ0n) is 17.6. The molecule has 0 saturated heterocycles. The standard InChI is InChI=1S/C23H27NO5/c1-6-27-20-12-16(13-21(28-7-2)23(20)29-8-3)22-17-14-19(26-5)18(25-4)11-15(17)9-10-24-22/h9-14H,6-8H2,1-5H3. The van der Waals surface area contributed by atoms with Gasteiger partial charge in [-0.05, 0) is 56.5 Å². The zero-order chi connectivity index (χ0) is 20.8. The maximum atomic E-state index is 5.85. The van der Waals surface area contributed by atoms with Gasteiger partial charge in [-0.15, -0.1) is 0 Å². The molecule has 1 heterocycles. The van der Waals surface area contributed by atoms with E-state index in [4.69, 9.17) is 23.7 Å². The Morgan fingerprint density at radius 1 is 0.724 bits per heavy atom. The summed E-state index contributed by atoms with van der Waals surface area (Å²) < 4.78 is 28.4. The first-order valence-corrected chi connectivity index (χ1v) is 9.74. The Hall–Kier alpha value is -3.15. The summed E-state index contributed by atoms with van der Waals surface area (Å²) in [5, 5.41) is 1.94. The van der Waals surface area contributed by atoms with Crippen LogP contribution in [0.3, 0.4) is 0 Å². The largest absolute Gasteiger partial charge is 0.493 e. The Morgan fingerprint density at radius 2 is 1.31 bits per heavy atom. The number of hydrogen-bond acceptors (Lipinski definition) is 6. The van der Waals surface area contributed by atoms with Crippen molar-refractivity contribution in [3.05, 3.63) is 36.5 Å². The summed E-state index contributed by atoms with van der Waals surface area (Å²) in [5.41, 5.74) is 1.67. The Kier molecular flexibility index (Phi) is 6.65. The number of aromatic nitrogens is 1. The smallest absolute Gasteiger partial charge is 0.203 e. The van der Waals surface area contributed by atoms with Gasteiger partial charge in [0.1, 0.15) is 0 Å².